The van der Waals surface area contributed by atoms with Crippen LogP contribution in [0, 0.1) is 5.82 Å². The van der Waals surface area contributed by atoms with Gasteiger partial charge < -0.3 is 15.0 Å². The van der Waals surface area contributed by atoms with Gasteiger partial charge in [-0.15, -0.1) is 0 Å². The molecule has 1 N–H and O–H groups in total. The van der Waals surface area contributed by atoms with E-state index >= 15 is 0 Å². The first-order valence-electron chi connectivity index (χ1n) is 11.1. The summed E-state index contributed by atoms with van der Waals surface area (Å²) >= 11 is 6.70. The van der Waals surface area contributed by atoms with E-state index in [9.17, 15) is 4.39 Å². The molecule has 5 nitrogen and oxygen atoms in total. The number of rotatable bonds is 3. The van der Waals surface area contributed by atoms with E-state index in [0.717, 1.165) is 71.8 Å². The standard InChI is InChI=1S/C26H22ClFN4O/c27-22-14-25-17(11-20(22)19-5-6-29-23-3-2-18(28)13-21(19)23)12-24(31-25)16-1-4-26(30-15-16)32-7-9-33-10-8-32/h1-6,11,13-15,24,31H,7-10,12H2. The van der Waals surface area contributed by atoms with Crippen LogP contribution in [0.5, 0.6) is 0 Å². The summed E-state index contributed by atoms with van der Waals surface area (Å²) in [6, 6.07) is 15.0. The van der Waals surface area contributed by atoms with Crippen molar-refractivity contribution >= 4 is 34.0 Å². The molecule has 6 rings (SSSR count). The molecule has 1 unspecified atom stereocenters. The van der Waals surface area contributed by atoms with Crippen molar-refractivity contribution in [1.82, 2.24) is 9.97 Å². The second kappa shape index (κ2) is 8.28. The lowest BCUT2D eigenvalue weighted by Gasteiger charge is -2.28. The van der Waals surface area contributed by atoms with Crippen LogP contribution in [0.3, 0.4) is 0 Å². The molecule has 4 aromatic rings. The summed E-state index contributed by atoms with van der Waals surface area (Å²) in [7, 11) is 0. The number of morpholine rings is 1. The molecule has 0 radical (unpaired) electrons. The Labute approximate surface area is 196 Å². The highest BCUT2D eigenvalue weighted by Gasteiger charge is 2.25. The number of hydrogen-bond donors (Lipinski definition) is 1. The Kier molecular flexibility index (Phi) is 5.12. The molecular formula is C26H22ClFN4O. The fraction of sp³-hybridized carbons (Fsp3) is 0.231. The largest absolute Gasteiger partial charge is 0.378 e. The predicted molar refractivity (Wildman–Crippen MR) is 129 cm³/mol. The third-order valence-corrected chi connectivity index (χ3v) is 6.76. The lowest BCUT2D eigenvalue weighted by atomic mass is 9.97. The molecule has 2 aromatic heterocycles. The summed E-state index contributed by atoms with van der Waals surface area (Å²) in [6.45, 7) is 3.22. The van der Waals surface area contributed by atoms with E-state index in [1.165, 1.54) is 17.7 Å². The zero-order valence-electron chi connectivity index (χ0n) is 17.9. The summed E-state index contributed by atoms with van der Waals surface area (Å²) in [5, 5.41) is 4.96. The van der Waals surface area contributed by atoms with Gasteiger partial charge in [0.1, 0.15) is 11.6 Å². The van der Waals surface area contributed by atoms with Gasteiger partial charge in [0.25, 0.3) is 0 Å². The van der Waals surface area contributed by atoms with E-state index in [4.69, 9.17) is 21.3 Å². The molecular weight excluding hydrogens is 439 g/mol. The molecule has 7 heteroatoms. The monoisotopic (exact) mass is 460 g/mol. The number of nitrogens with one attached hydrogen (secondary N) is 1. The van der Waals surface area contributed by atoms with Crippen LogP contribution in [0.1, 0.15) is 17.2 Å². The highest BCUT2D eigenvalue weighted by molar-refractivity contribution is 6.34. The van der Waals surface area contributed by atoms with Crippen molar-refractivity contribution in [3.8, 4) is 11.1 Å². The van der Waals surface area contributed by atoms with Gasteiger partial charge in [-0.1, -0.05) is 17.7 Å². The van der Waals surface area contributed by atoms with Gasteiger partial charge in [-0.3, -0.25) is 4.98 Å². The van der Waals surface area contributed by atoms with Crippen LogP contribution in [0.4, 0.5) is 15.9 Å². The van der Waals surface area contributed by atoms with Gasteiger partial charge in [-0.25, -0.2) is 9.37 Å². The number of ether oxygens (including phenoxy) is 1. The van der Waals surface area contributed by atoms with Crippen LogP contribution >= 0.6 is 11.6 Å². The number of halogens is 2. The Morgan fingerprint density at radius 2 is 1.88 bits per heavy atom. The van der Waals surface area contributed by atoms with Crippen molar-refractivity contribution in [3.05, 3.63) is 82.9 Å². The molecule has 1 saturated heterocycles. The van der Waals surface area contributed by atoms with Gasteiger partial charge in [-0.2, -0.15) is 0 Å². The fourth-order valence-corrected chi connectivity index (χ4v) is 4.99. The normalized spacial score (nSPS) is 17.8. The second-order valence-electron chi connectivity index (χ2n) is 8.46. The number of aromatic nitrogens is 2. The molecule has 1 fully saturated rings. The van der Waals surface area contributed by atoms with E-state index in [1.807, 2.05) is 18.3 Å². The van der Waals surface area contributed by atoms with Crippen LogP contribution in [0.2, 0.25) is 5.02 Å². The maximum atomic E-state index is 14.0. The summed E-state index contributed by atoms with van der Waals surface area (Å²) in [5.74, 6) is 0.698. The van der Waals surface area contributed by atoms with Crippen LogP contribution < -0.4 is 10.2 Å². The molecule has 0 amide bonds. The number of hydrogen-bond acceptors (Lipinski definition) is 5. The smallest absolute Gasteiger partial charge is 0.128 e. The van der Waals surface area contributed by atoms with E-state index in [-0.39, 0.29) is 11.9 Å². The summed E-state index contributed by atoms with van der Waals surface area (Å²) < 4.78 is 19.4. The Morgan fingerprint density at radius 1 is 1.00 bits per heavy atom. The first kappa shape index (κ1) is 20.4. The zero-order valence-corrected chi connectivity index (χ0v) is 18.6. The van der Waals surface area contributed by atoms with E-state index in [1.54, 1.807) is 12.3 Å². The Balaban J connectivity index is 1.29. The number of anilines is 2. The minimum Gasteiger partial charge on any atom is -0.378 e. The molecule has 0 bridgehead atoms. The number of benzene rings is 2. The lowest BCUT2D eigenvalue weighted by molar-refractivity contribution is 0.122. The SMILES string of the molecule is Fc1ccc2nccc(-c3cc4c(cc3Cl)NC(c3ccc(N5CCOCC5)nc3)C4)c2c1. The molecule has 2 aliphatic rings. The average molecular weight is 461 g/mol. The molecule has 166 valence electrons. The molecule has 0 spiro atoms. The van der Waals surface area contributed by atoms with Gasteiger partial charge in [0.05, 0.1) is 29.8 Å². The van der Waals surface area contributed by atoms with Crippen molar-refractivity contribution in [2.45, 2.75) is 12.5 Å². The van der Waals surface area contributed by atoms with Crippen molar-refractivity contribution in [2.75, 3.05) is 36.5 Å². The number of fused-ring (bicyclic) bond motifs is 2. The van der Waals surface area contributed by atoms with Crippen molar-refractivity contribution in [1.29, 1.82) is 0 Å². The Morgan fingerprint density at radius 3 is 2.70 bits per heavy atom. The van der Waals surface area contributed by atoms with Crippen molar-refractivity contribution in [3.63, 3.8) is 0 Å². The van der Waals surface area contributed by atoms with Crippen molar-refractivity contribution < 1.29 is 9.13 Å². The molecule has 0 aliphatic carbocycles. The van der Waals surface area contributed by atoms with Gasteiger partial charge in [0.2, 0.25) is 0 Å². The second-order valence-corrected chi connectivity index (χ2v) is 8.87. The molecule has 1 atom stereocenters. The maximum Gasteiger partial charge on any atom is 0.128 e. The van der Waals surface area contributed by atoms with E-state index in [2.05, 4.69) is 33.4 Å². The van der Waals surface area contributed by atoms with Crippen molar-refractivity contribution in [2.24, 2.45) is 0 Å². The zero-order chi connectivity index (χ0) is 22.4. The van der Waals surface area contributed by atoms with Crippen LogP contribution in [-0.2, 0) is 11.2 Å². The van der Waals surface area contributed by atoms with Gasteiger partial charge in [0.15, 0.2) is 0 Å². The number of nitrogens with zero attached hydrogens (tertiary/aromatic N) is 3. The minimum atomic E-state index is -0.288. The Bertz CT molecular complexity index is 1340. The van der Waals surface area contributed by atoms with E-state index in [0.29, 0.717) is 5.02 Å². The highest BCUT2D eigenvalue weighted by Crippen LogP contribution is 2.42. The predicted octanol–water partition coefficient (Wildman–Crippen LogP) is 5.64. The lowest BCUT2D eigenvalue weighted by Crippen LogP contribution is -2.36. The van der Waals surface area contributed by atoms with Crippen LogP contribution in [0.25, 0.3) is 22.0 Å². The molecule has 2 aromatic carbocycles. The summed E-state index contributed by atoms with van der Waals surface area (Å²) in [6.07, 6.45) is 4.52. The topological polar surface area (TPSA) is 50.3 Å². The molecule has 33 heavy (non-hydrogen) atoms. The number of pyridine rings is 2. The maximum absolute atomic E-state index is 14.0. The fourth-order valence-electron chi connectivity index (χ4n) is 4.72. The average Bonchev–Trinajstić information content (AvgIpc) is 3.26. The van der Waals surface area contributed by atoms with E-state index < -0.39 is 0 Å². The van der Waals surface area contributed by atoms with Gasteiger partial charge in [0, 0.05) is 42.1 Å². The summed E-state index contributed by atoms with van der Waals surface area (Å²) in [4.78, 5) is 11.3. The van der Waals surface area contributed by atoms with Crippen LogP contribution in [0.15, 0.2) is 60.9 Å². The minimum absolute atomic E-state index is 0.129. The quantitative estimate of drug-likeness (QED) is 0.429. The summed E-state index contributed by atoms with van der Waals surface area (Å²) in [5.41, 5.74) is 5.85. The third-order valence-electron chi connectivity index (χ3n) is 6.45. The Hall–Kier alpha value is -3.22. The van der Waals surface area contributed by atoms with Crippen LogP contribution in [-0.4, -0.2) is 36.3 Å². The molecule has 0 saturated carbocycles. The first-order chi connectivity index (χ1) is 16.2. The highest BCUT2D eigenvalue weighted by atomic mass is 35.5. The molecule has 2 aliphatic heterocycles. The first-order valence-corrected chi connectivity index (χ1v) is 11.5. The third kappa shape index (κ3) is 3.79. The van der Waals surface area contributed by atoms with Gasteiger partial charge in [-0.05, 0) is 65.6 Å². The molecule has 4 heterocycles. The van der Waals surface area contributed by atoms with Gasteiger partial charge >= 0.3 is 0 Å².